The van der Waals surface area contributed by atoms with Crippen molar-refractivity contribution in [1.82, 2.24) is 0 Å². The van der Waals surface area contributed by atoms with Crippen LogP contribution in [-0.2, 0) is 0 Å². The number of aliphatic hydroxyl groups excluding tert-OH is 2. The van der Waals surface area contributed by atoms with Crippen molar-refractivity contribution in [2.45, 2.75) is 51.2 Å². The summed E-state index contributed by atoms with van der Waals surface area (Å²) in [5.74, 6) is 0. The highest BCUT2D eigenvalue weighted by Crippen LogP contribution is 2.34. The minimum atomic E-state index is -0.457. The van der Waals surface area contributed by atoms with Crippen molar-refractivity contribution in [3.05, 3.63) is 28.2 Å². The Labute approximate surface area is 129 Å². The van der Waals surface area contributed by atoms with Gasteiger partial charge in [0.2, 0.25) is 0 Å². The van der Waals surface area contributed by atoms with E-state index in [9.17, 15) is 10.2 Å². The molecule has 0 unspecified atom stereocenters. The van der Waals surface area contributed by atoms with Crippen LogP contribution in [0, 0.1) is 0 Å². The number of benzene rings is 1. The van der Waals surface area contributed by atoms with Crippen molar-refractivity contribution < 1.29 is 10.2 Å². The molecule has 0 amide bonds. The summed E-state index contributed by atoms with van der Waals surface area (Å²) in [6.45, 7) is 2.60. The van der Waals surface area contributed by atoms with E-state index in [1.54, 1.807) is 6.92 Å². The van der Waals surface area contributed by atoms with Crippen molar-refractivity contribution in [1.29, 1.82) is 0 Å². The lowest BCUT2D eigenvalue weighted by Crippen LogP contribution is -2.39. The molecule has 1 aromatic carbocycles. The minimum Gasteiger partial charge on any atom is -0.395 e. The van der Waals surface area contributed by atoms with Crippen LogP contribution in [0.3, 0.4) is 0 Å². The monoisotopic (exact) mass is 341 g/mol. The van der Waals surface area contributed by atoms with Gasteiger partial charge >= 0.3 is 0 Å². The van der Waals surface area contributed by atoms with Crippen molar-refractivity contribution in [2.75, 3.05) is 18.1 Å². The fourth-order valence-electron chi connectivity index (χ4n) is 3.02. The van der Waals surface area contributed by atoms with E-state index in [0.29, 0.717) is 12.6 Å². The number of halogens is 1. The van der Waals surface area contributed by atoms with Gasteiger partial charge in [0.05, 0.1) is 18.4 Å². The van der Waals surface area contributed by atoms with Gasteiger partial charge in [-0.2, -0.15) is 0 Å². The molecular weight excluding hydrogens is 318 g/mol. The molecule has 20 heavy (non-hydrogen) atoms. The third-order valence-electron chi connectivity index (χ3n) is 4.12. The van der Waals surface area contributed by atoms with Gasteiger partial charge in [0.25, 0.3) is 0 Å². The highest BCUT2D eigenvalue weighted by molar-refractivity contribution is 9.10. The van der Waals surface area contributed by atoms with Crippen LogP contribution in [0.4, 0.5) is 5.69 Å². The van der Waals surface area contributed by atoms with E-state index in [1.165, 1.54) is 32.1 Å². The third-order valence-corrected chi connectivity index (χ3v) is 4.76. The summed E-state index contributed by atoms with van der Waals surface area (Å²) in [5, 5.41) is 19.0. The van der Waals surface area contributed by atoms with Gasteiger partial charge in [-0.15, -0.1) is 0 Å². The normalized spacial score (nSPS) is 18.0. The Hall–Kier alpha value is -0.580. The molecule has 0 bridgehead atoms. The maximum Gasteiger partial charge on any atom is 0.0762 e. The Bertz CT molecular complexity index is 430. The summed E-state index contributed by atoms with van der Waals surface area (Å²) in [6.07, 6.45) is 5.81. The molecule has 0 spiro atoms. The predicted molar refractivity (Wildman–Crippen MR) is 86.1 cm³/mol. The highest BCUT2D eigenvalue weighted by atomic mass is 79.9. The minimum absolute atomic E-state index is 0.168. The number of nitrogens with zero attached hydrogens (tertiary/aromatic N) is 1. The average molecular weight is 342 g/mol. The maximum atomic E-state index is 9.66. The number of anilines is 1. The van der Waals surface area contributed by atoms with E-state index in [-0.39, 0.29) is 6.61 Å². The first-order valence-corrected chi connectivity index (χ1v) is 8.27. The Kier molecular flexibility index (Phi) is 5.87. The zero-order valence-electron chi connectivity index (χ0n) is 12.1. The van der Waals surface area contributed by atoms with Crippen molar-refractivity contribution in [3.63, 3.8) is 0 Å². The van der Waals surface area contributed by atoms with Gasteiger partial charge in [-0.3, -0.25) is 0 Å². The summed E-state index contributed by atoms with van der Waals surface area (Å²) < 4.78 is 0.995. The Balaban J connectivity index is 2.24. The molecule has 1 saturated carbocycles. The summed E-state index contributed by atoms with van der Waals surface area (Å²) in [4.78, 5) is 2.31. The molecule has 1 aliphatic carbocycles. The van der Waals surface area contributed by atoms with E-state index >= 15 is 0 Å². The zero-order valence-corrected chi connectivity index (χ0v) is 13.6. The first kappa shape index (κ1) is 15.8. The number of hydrogen-bond donors (Lipinski definition) is 2. The Morgan fingerprint density at radius 1 is 1.30 bits per heavy atom. The van der Waals surface area contributed by atoms with Gasteiger partial charge in [-0.25, -0.2) is 0 Å². The van der Waals surface area contributed by atoms with Crippen LogP contribution in [0.25, 0.3) is 0 Å². The van der Waals surface area contributed by atoms with Gasteiger partial charge in [-0.05, 0) is 53.4 Å². The molecule has 2 rings (SSSR count). The van der Waals surface area contributed by atoms with Crippen LogP contribution >= 0.6 is 15.9 Å². The zero-order chi connectivity index (χ0) is 14.5. The topological polar surface area (TPSA) is 43.7 Å². The van der Waals surface area contributed by atoms with Crippen LogP contribution in [0.2, 0.25) is 0 Å². The molecule has 0 radical (unpaired) electrons. The Morgan fingerprint density at radius 2 is 2.00 bits per heavy atom. The molecule has 0 heterocycles. The van der Waals surface area contributed by atoms with Crippen LogP contribution in [-0.4, -0.2) is 29.4 Å². The van der Waals surface area contributed by atoms with Gasteiger partial charge in [0.1, 0.15) is 0 Å². The second-order valence-electron chi connectivity index (χ2n) is 5.60. The molecule has 1 aromatic rings. The molecule has 0 saturated heterocycles. The van der Waals surface area contributed by atoms with Crippen molar-refractivity contribution >= 4 is 21.6 Å². The third kappa shape index (κ3) is 3.74. The fourth-order valence-corrected chi connectivity index (χ4v) is 3.64. The SMILES string of the molecule is C[C@H](O)c1ccc(N(CCO)C2CCCCC2)c(Br)c1. The lowest BCUT2D eigenvalue weighted by atomic mass is 9.93. The molecule has 1 atom stereocenters. The molecule has 3 nitrogen and oxygen atoms in total. The van der Waals surface area contributed by atoms with E-state index in [2.05, 4.69) is 26.9 Å². The summed E-state index contributed by atoms with van der Waals surface area (Å²) in [5.41, 5.74) is 2.03. The Morgan fingerprint density at radius 3 is 2.55 bits per heavy atom. The molecule has 2 N–H and O–H groups in total. The van der Waals surface area contributed by atoms with E-state index < -0.39 is 6.10 Å². The maximum absolute atomic E-state index is 9.66. The highest BCUT2D eigenvalue weighted by Gasteiger charge is 2.22. The largest absolute Gasteiger partial charge is 0.395 e. The van der Waals surface area contributed by atoms with Crippen molar-refractivity contribution in [2.24, 2.45) is 0 Å². The molecule has 1 fully saturated rings. The van der Waals surface area contributed by atoms with Crippen LogP contribution < -0.4 is 4.90 Å². The van der Waals surface area contributed by atoms with Gasteiger partial charge < -0.3 is 15.1 Å². The quantitative estimate of drug-likeness (QED) is 0.859. The van der Waals surface area contributed by atoms with Crippen LogP contribution in [0.1, 0.15) is 50.7 Å². The predicted octanol–water partition coefficient (Wildman–Crippen LogP) is 3.63. The standard InChI is InChI=1S/C16H24BrNO2/c1-12(20)13-7-8-16(15(17)11-13)18(9-10-19)14-5-3-2-4-6-14/h7-8,11-12,14,19-20H,2-6,9-10H2,1H3/t12-/m0/s1. The average Bonchev–Trinajstić information content (AvgIpc) is 2.46. The second-order valence-corrected chi connectivity index (χ2v) is 6.45. The van der Waals surface area contributed by atoms with Crippen LogP contribution in [0.5, 0.6) is 0 Å². The molecule has 1 aliphatic rings. The second kappa shape index (κ2) is 7.43. The number of hydrogen-bond acceptors (Lipinski definition) is 3. The molecule has 4 heteroatoms. The van der Waals surface area contributed by atoms with Crippen molar-refractivity contribution in [3.8, 4) is 0 Å². The molecule has 0 aliphatic heterocycles. The first-order chi connectivity index (χ1) is 9.63. The number of rotatable bonds is 5. The smallest absolute Gasteiger partial charge is 0.0762 e. The fraction of sp³-hybridized carbons (Fsp3) is 0.625. The van der Waals surface area contributed by atoms with Gasteiger partial charge in [0, 0.05) is 17.1 Å². The van der Waals surface area contributed by atoms with E-state index in [0.717, 1.165) is 15.7 Å². The van der Waals surface area contributed by atoms with E-state index in [1.807, 2.05) is 12.1 Å². The molecule has 0 aromatic heterocycles. The summed E-state index contributed by atoms with van der Waals surface area (Å²) in [6, 6.07) is 6.52. The first-order valence-electron chi connectivity index (χ1n) is 7.48. The van der Waals surface area contributed by atoms with Gasteiger partial charge in [0.15, 0.2) is 0 Å². The lowest BCUT2D eigenvalue weighted by Gasteiger charge is -2.36. The number of aliphatic hydroxyl groups is 2. The molecule has 112 valence electrons. The van der Waals surface area contributed by atoms with Crippen LogP contribution in [0.15, 0.2) is 22.7 Å². The molecular formula is C16H24BrNO2. The van der Waals surface area contributed by atoms with E-state index in [4.69, 9.17) is 0 Å². The lowest BCUT2D eigenvalue weighted by molar-refractivity contribution is 0.199. The summed E-state index contributed by atoms with van der Waals surface area (Å²) >= 11 is 3.62. The van der Waals surface area contributed by atoms with Gasteiger partial charge in [-0.1, -0.05) is 25.3 Å². The summed E-state index contributed by atoms with van der Waals surface area (Å²) in [7, 11) is 0.